The fourth-order valence-corrected chi connectivity index (χ4v) is 2.99. The number of aliphatic hydroxyl groups is 1. The predicted molar refractivity (Wildman–Crippen MR) is 81.4 cm³/mol. The Morgan fingerprint density at radius 3 is 2.76 bits per heavy atom. The van der Waals surface area contributed by atoms with Gasteiger partial charge in [0.05, 0.1) is 6.61 Å². The molecule has 0 heterocycles. The van der Waals surface area contributed by atoms with E-state index in [2.05, 4.69) is 29.6 Å². The molecule has 0 aliphatic heterocycles. The highest BCUT2D eigenvalue weighted by Crippen LogP contribution is 2.21. The van der Waals surface area contributed by atoms with Crippen LogP contribution in [0.15, 0.2) is 42.5 Å². The third kappa shape index (κ3) is 3.31. The van der Waals surface area contributed by atoms with E-state index in [1.165, 1.54) is 17.2 Å². The quantitative estimate of drug-likeness (QED) is 0.905. The largest absolute Gasteiger partial charge is 0.392 e. The van der Waals surface area contributed by atoms with Crippen LogP contribution in [0.1, 0.15) is 28.7 Å². The summed E-state index contributed by atoms with van der Waals surface area (Å²) in [5.41, 5.74) is 4.26. The number of fused-ring (bicyclic) bond motifs is 1. The first-order valence-corrected chi connectivity index (χ1v) is 7.44. The Hall–Kier alpha value is -1.71. The molecule has 0 aromatic heterocycles. The monoisotopic (exact) mass is 285 g/mol. The molecule has 0 spiro atoms. The van der Waals surface area contributed by atoms with Gasteiger partial charge in [-0.1, -0.05) is 30.3 Å². The van der Waals surface area contributed by atoms with Crippen molar-refractivity contribution in [2.75, 3.05) is 0 Å². The van der Waals surface area contributed by atoms with E-state index in [0.29, 0.717) is 18.2 Å². The van der Waals surface area contributed by atoms with Crippen LogP contribution in [0.4, 0.5) is 4.39 Å². The summed E-state index contributed by atoms with van der Waals surface area (Å²) < 4.78 is 13.3. The van der Waals surface area contributed by atoms with Gasteiger partial charge in [0.25, 0.3) is 0 Å². The minimum absolute atomic E-state index is 0.253. The Labute approximate surface area is 124 Å². The highest BCUT2D eigenvalue weighted by atomic mass is 19.1. The van der Waals surface area contributed by atoms with Crippen LogP contribution in [-0.2, 0) is 26.0 Å². The molecule has 2 nitrogen and oxygen atoms in total. The van der Waals surface area contributed by atoms with Crippen molar-refractivity contribution in [3.05, 3.63) is 70.5 Å². The summed E-state index contributed by atoms with van der Waals surface area (Å²) >= 11 is 0. The topological polar surface area (TPSA) is 32.3 Å². The van der Waals surface area contributed by atoms with Gasteiger partial charge >= 0.3 is 0 Å². The van der Waals surface area contributed by atoms with E-state index < -0.39 is 0 Å². The zero-order valence-corrected chi connectivity index (χ0v) is 12.0. The fraction of sp³-hybridized carbons (Fsp3) is 0.333. The van der Waals surface area contributed by atoms with E-state index in [1.54, 1.807) is 12.1 Å². The lowest BCUT2D eigenvalue weighted by atomic mass is 9.88. The zero-order chi connectivity index (χ0) is 14.7. The normalized spacial score (nSPS) is 17.5. The van der Waals surface area contributed by atoms with E-state index >= 15 is 0 Å². The van der Waals surface area contributed by atoms with Crippen LogP contribution < -0.4 is 5.32 Å². The maximum absolute atomic E-state index is 13.3. The Balaban J connectivity index is 1.61. The van der Waals surface area contributed by atoms with Gasteiger partial charge in [-0.2, -0.15) is 0 Å². The van der Waals surface area contributed by atoms with Gasteiger partial charge in [0.15, 0.2) is 0 Å². The van der Waals surface area contributed by atoms with Gasteiger partial charge < -0.3 is 10.4 Å². The summed E-state index contributed by atoms with van der Waals surface area (Å²) in [5.74, 6) is -0.340. The molecule has 3 rings (SSSR count). The van der Waals surface area contributed by atoms with E-state index in [-0.39, 0.29) is 12.4 Å². The third-order valence-electron chi connectivity index (χ3n) is 4.22. The Bertz CT molecular complexity index is 626. The van der Waals surface area contributed by atoms with Crippen LogP contribution in [0.2, 0.25) is 0 Å². The maximum Gasteiger partial charge on any atom is 0.128 e. The van der Waals surface area contributed by atoms with Crippen LogP contribution in [-0.4, -0.2) is 11.1 Å². The average Bonchev–Trinajstić information content (AvgIpc) is 2.54. The first-order chi connectivity index (χ1) is 10.3. The van der Waals surface area contributed by atoms with Crippen LogP contribution in [0.5, 0.6) is 0 Å². The van der Waals surface area contributed by atoms with Crippen LogP contribution >= 0.6 is 0 Å². The highest BCUT2D eigenvalue weighted by molar-refractivity contribution is 5.30. The predicted octanol–water partition coefficient (Wildman–Crippen LogP) is 2.97. The van der Waals surface area contributed by atoms with E-state index in [4.69, 9.17) is 5.11 Å². The van der Waals surface area contributed by atoms with E-state index in [1.807, 2.05) is 0 Å². The molecule has 1 atom stereocenters. The zero-order valence-electron chi connectivity index (χ0n) is 12.0. The molecule has 1 aliphatic carbocycles. The molecule has 2 aromatic carbocycles. The third-order valence-corrected chi connectivity index (χ3v) is 4.22. The molecule has 0 fully saturated rings. The fourth-order valence-electron chi connectivity index (χ4n) is 2.99. The lowest BCUT2D eigenvalue weighted by molar-refractivity contribution is 0.275. The van der Waals surface area contributed by atoms with E-state index in [9.17, 15) is 4.39 Å². The molecule has 110 valence electrons. The second-order valence-electron chi connectivity index (χ2n) is 5.67. The summed E-state index contributed by atoms with van der Waals surface area (Å²) in [5, 5.41) is 12.7. The number of hydrogen-bond donors (Lipinski definition) is 2. The highest BCUT2D eigenvalue weighted by Gasteiger charge is 2.17. The molecule has 21 heavy (non-hydrogen) atoms. The summed E-state index contributed by atoms with van der Waals surface area (Å²) in [7, 11) is 0. The first kappa shape index (κ1) is 14.2. The molecular weight excluding hydrogens is 265 g/mol. The SMILES string of the molecule is OCc1cc(CNC2CCc3ccccc3C2)ccc1F. The molecule has 0 saturated heterocycles. The maximum atomic E-state index is 13.3. The molecule has 3 heteroatoms. The number of aryl methyl sites for hydroxylation is 1. The standard InChI is InChI=1S/C18H20FNO/c19-18-8-5-13(9-16(18)12-21)11-20-17-7-6-14-3-1-2-4-15(14)10-17/h1-5,8-9,17,20-21H,6-7,10-12H2. The Morgan fingerprint density at radius 2 is 1.95 bits per heavy atom. The Kier molecular flexibility index (Phi) is 4.32. The molecule has 0 amide bonds. The molecule has 0 bridgehead atoms. The lowest BCUT2D eigenvalue weighted by Crippen LogP contribution is -2.34. The number of rotatable bonds is 4. The van der Waals surface area contributed by atoms with Crippen molar-refractivity contribution < 1.29 is 9.50 Å². The van der Waals surface area contributed by atoms with E-state index in [0.717, 1.165) is 24.8 Å². The Morgan fingerprint density at radius 1 is 1.14 bits per heavy atom. The summed E-state index contributed by atoms with van der Waals surface area (Å²) in [6, 6.07) is 14.0. The van der Waals surface area contributed by atoms with Gasteiger partial charge in [-0.25, -0.2) is 4.39 Å². The van der Waals surface area contributed by atoms with Gasteiger partial charge in [0.1, 0.15) is 5.82 Å². The van der Waals surface area contributed by atoms with Crippen molar-refractivity contribution in [2.45, 2.75) is 38.5 Å². The average molecular weight is 285 g/mol. The summed E-state index contributed by atoms with van der Waals surface area (Å²) in [6.07, 6.45) is 3.29. The smallest absolute Gasteiger partial charge is 0.128 e. The molecule has 2 N–H and O–H groups in total. The van der Waals surface area contributed by atoms with Crippen molar-refractivity contribution in [1.82, 2.24) is 5.32 Å². The number of nitrogens with one attached hydrogen (secondary N) is 1. The van der Waals surface area contributed by atoms with Crippen molar-refractivity contribution in [1.29, 1.82) is 0 Å². The van der Waals surface area contributed by atoms with Gasteiger partial charge in [0.2, 0.25) is 0 Å². The van der Waals surface area contributed by atoms with Gasteiger partial charge in [-0.3, -0.25) is 0 Å². The number of aliphatic hydroxyl groups excluding tert-OH is 1. The molecule has 1 unspecified atom stereocenters. The van der Waals surface area contributed by atoms with Crippen molar-refractivity contribution in [3.8, 4) is 0 Å². The number of hydrogen-bond acceptors (Lipinski definition) is 2. The summed E-state index contributed by atoms with van der Waals surface area (Å²) in [4.78, 5) is 0. The van der Waals surface area contributed by atoms with Crippen molar-refractivity contribution in [2.24, 2.45) is 0 Å². The molecule has 1 aliphatic rings. The van der Waals surface area contributed by atoms with Crippen LogP contribution in [0.25, 0.3) is 0 Å². The molecule has 0 radical (unpaired) electrons. The minimum atomic E-state index is -0.340. The first-order valence-electron chi connectivity index (χ1n) is 7.44. The van der Waals surface area contributed by atoms with Gasteiger partial charge in [-0.05, 0) is 48.1 Å². The van der Waals surface area contributed by atoms with Crippen molar-refractivity contribution in [3.63, 3.8) is 0 Å². The summed E-state index contributed by atoms with van der Waals surface area (Å²) in [6.45, 7) is 0.455. The lowest BCUT2D eigenvalue weighted by Gasteiger charge is -2.25. The molecule has 0 saturated carbocycles. The minimum Gasteiger partial charge on any atom is -0.392 e. The molecule has 2 aromatic rings. The van der Waals surface area contributed by atoms with Gasteiger partial charge in [-0.15, -0.1) is 0 Å². The van der Waals surface area contributed by atoms with Crippen molar-refractivity contribution >= 4 is 0 Å². The molecular formula is C18H20FNO. The number of halogens is 1. The second kappa shape index (κ2) is 6.37. The number of benzene rings is 2. The van der Waals surface area contributed by atoms with Gasteiger partial charge in [0, 0.05) is 18.2 Å². The van der Waals surface area contributed by atoms with Crippen LogP contribution in [0.3, 0.4) is 0 Å². The van der Waals surface area contributed by atoms with Crippen LogP contribution in [0, 0.1) is 5.82 Å². The second-order valence-corrected chi connectivity index (χ2v) is 5.67.